The number of nitrogens with one attached hydrogen (secondary N) is 1. The lowest BCUT2D eigenvalue weighted by Crippen LogP contribution is -2.41. The van der Waals surface area contributed by atoms with Crippen LogP contribution in [0.1, 0.15) is 30.9 Å². The van der Waals surface area contributed by atoms with Crippen LogP contribution < -0.4 is 11.3 Å². The highest BCUT2D eigenvalue weighted by atomic mass is 32.2. The number of rotatable bonds is 5. The summed E-state index contributed by atoms with van der Waals surface area (Å²) < 4.78 is 26.6. The average molecular weight is 301 g/mol. The van der Waals surface area contributed by atoms with Crippen LogP contribution in [0, 0.1) is 5.92 Å². The second kappa shape index (κ2) is 6.21. The van der Waals surface area contributed by atoms with E-state index >= 15 is 0 Å². The highest BCUT2D eigenvalue weighted by Crippen LogP contribution is 2.27. The van der Waals surface area contributed by atoms with Crippen molar-refractivity contribution >= 4 is 10.0 Å². The largest absolute Gasteiger partial charge is 0.275 e. The Hall–Kier alpha value is -0.960. The quantitative estimate of drug-likeness (QED) is 0.589. The van der Waals surface area contributed by atoms with Crippen LogP contribution in [0.25, 0.3) is 0 Å². The Bertz CT molecular complexity index is 542. The molecule has 114 valence electrons. The second-order valence-corrected chi connectivity index (χ2v) is 7.51. The molecule has 1 aromatic rings. The SMILES string of the molecule is Cn1cc(C(CC2CCCN(S(C)(=O)=O)C2)NN)cn1. The number of hydrogen-bond donors (Lipinski definition) is 2. The number of piperidine rings is 1. The molecule has 20 heavy (non-hydrogen) atoms. The van der Waals surface area contributed by atoms with Crippen molar-refractivity contribution in [2.75, 3.05) is 19.3 Å². The van der Waals surface area contributed by atoms with Crippen molar-refractivity contribution in [3.63, 3.8) is 0 Å². The summed E-state index contributed by atoms with van der Waals surface area (Å²) >= 11 is 0. The van der Waals surface area contributed by atoms with Crippen molar-refractivity contribution in [3.05, 3.63) is 18.0 Å². The van der Waals surface area contributed by atoms with Gasteiger partial charge in [0.15, 0.2) is 0 Å². The van der Waals surface area contributed by atoms with Gasteiger partial charge in [-0.1, -0.05) is 0 Å². The fourth-order valence-corrected chi connectivity index (χ4v) is 3.72. The van der Waals surface area contributed by atoms with E-state index < -0.39 is 10.0 Å². The first-order chi connectivity index (χ1) is 9.40. The fourth-order valence-electron chi connectivity index (χ4n) is 2.77. The third-order valence-corrected chi connectivity index (χ3v) is 5.12. The van der Waals surface area contributed by atoms with Gasteiger partial charge in [0.1, 0.15) is 0 Å². The van der Waals surface area contributed by atoms with Crippen LogP contribution in [0.15, 0.2) is 12.4 Å². The van der Waals surface area contributed by atoms with Crippen molar-refractivity contribution in [3.8, 4) is 0 Å². The number of hydrazine groups is 1. The summed E-state index contributed by atoms with van der Waals surface area (Å²) in [5, 5.41) is 4.15. The predicted octanol–water partition coefficient (Wildman–Crippen LogP) is -0.0138. The molecule has 0 bridgehead atoms. The van der Waals surface area contributed by atoms with Crippen molar-refractivity contribution in [1.82, 2.24) is 19.5 Å². The molecule has 1 saturated heterocycles. The summed E-state index contributed by atoms with van der Waals surface area (Å²) in [6, 6.07) is 0.00760. The van der Waals surface area contributed by atoms with E-state index in [1.807, 2.05) is 13.2 Å². The molecule has 1 fully saturated rings. The van der Waals surface area contributed by atoms with E-state index in [2.05, 4.69) is 10.5 Å². The Morgan fingerprint density at radius 1 is 1.60 bits per heavy atom. The Balaban J connectivity index is 2.01. The summed E-state index contributed by atoms with van der Waals surface area (Å²) in [6.07, 6.45) is 7.75. The Morgan fingerprint density at radius 3 is 2.90 bits per heavy atom. The third kappa shape index (κ3) is 3.78. The average Bonchev–Trinajstić information content (AvgIpc) is 2.82. The molecular weight excluding hydrogens is 278 g/mol. The van der Waals surface area contributed by atoms with Gasteiger partial charge in [0, 0.05) is 37.9 Å². The monoisotopic (exact) mass is 301 g/mol. The molecule has 0 radical (unpaired) electrons. The summed E-state index contributed by atoms with van der Waals surface area (Å²) in [6.45, 7) is 1.21. The molecule has 2 rings (SSSR count). The molecule has 0 spiro atoms. The minimum absolute atomic E-state index is 0.00760. The third-order valence-electron chi connectivity index (χ3n) is 3.85. The van der Waals surface area contributed by atoms with Crippen molar-refractivity contribution in [1.29, 1.82) is 0 Å². The van der Waals surface area contributed by atoms with Crippen molar-refractivity contribution in [2.24, 2.45) is 18.8 Å². The van der Waals surface area contributed by atoms with E-state index in [0.29, 0.717) is 19.0 Å². The second-order valence-electron chi connectivity index (χ2n) is 5.53. The lowest BCUT2D eigenvalue weighted by molar-refractivity contribution is 0.238. The van der Waals surface area contributed by atoms with Gasteiger partial charge in [-0.25, -0.2) is 12.7 Å². The normalized spacial score (nSPS) is 22.9. The van der Waals surface area contributed by atoms with Crippen molar-refractivity contribution < 1.29 is 8.42 Å². The number of sulfonamides is 1. The standard InChI is InChI=1S/C12H23N5O2S/c1-16-9-11(7-14-16)12(15-13)6-10-4-3-5-17(8-10)20(2,18)19/h7,9-10,12,15H,3-6,8,13H2,1-2H3. The van der Waals surface area contributed by atoms with E-state index in [-0.39, 0.29) is 6.04 Å². The van der Waals surface area contributed by atoms with Crippen LogP contribution in [0.3, 0.4) is 0 Å². The van der Waals surface area contributed by atoms with Gasteiger partial charge in [-0.15, -0.1) is 0 Å². The molecule has 1 aliphatic rings. The summed E-state index contributed by atoms with van der Waals surface area (Å²) in [4.78, 5) is 0. The van der Waals surface area contributed by atoms with Gasteiger partial charge < -0.3 is 0 Å². The first-order valence-corrected chi connectivity index (χ1v) is 8.64. The van der Waals surface area contributed by atoms with Crippen molar-refractivity contribution in [2.45, 2.75) is 25.3 Å². The highest BCUT2D eigenvalue weighted by Gasteiger charge is 2.28. The van der Waals surface area contributed by atoms with E-state index in [0.717, 1.165) is 24.8 Å². The van der Waals surface area contributed by atoms with Crippen LogP contribution in [0.2, 0.25) is 0 Å². The molecule has 0 amide bonds. The number of aryl methyl sites for hydroxylation is 1. The molecule has 0 aliphatic carbocycles. The molecule has 3 N–H and O–H groups in total. The number of hydrogen-bond acceptors (Lipinski definition) is 5. The molecular formula is C12H23N5O2S. The van der Waals surface area contributed by atoms with Crippen LogP contribution >= 0.6 is 0 Å². The topological polar surface area (TPSA) is 93.2 Å². The molecule has 7 nitrogen and oxygen atoms in total. The lowest BCUT2D eigenvalue weighted by atomic mass is 9.91. The van der Waals surface area contributed by atoms with Crippen LogP contribution in [0.4, 0.5) is 0 Å². The number of nitrogens with two attached hydrogens (primary N) is 1. The van der Waals surface area contributed by atoms with Gasteiger partial charge >= 0.3 is 0 Å². The van der Waals surface area contributed by atoms with E-state index in [9.17, 15) is 8.42 Å². The van der Waals surface area contributed by atoms with Gasteiger partial charge in [-0.3, -0.25) is 16.0 Å². The minimum atomic E-state index is -3.10. The van der Waals surface area contributed by atoms with Crippen LogP contribution in [-0.4, -0.2) is 41.8 Å². The van der Waals surface area contributed by atoms with E-state index in [1.165, 1.54) is 6.26 Å². The zero-order valence-corrected chi connectivity index (χ0v) is 12.8. The molecule has 1 aromatic heterocycles. The first kappa shape index (κ1) is 15.4. The zero-order valence-electron chi connectivity index (χ0n) is 12.0. The maximum atomic E-state index is 11.6. The summed E-state index contributed by atoms with van der Waals surface area (Å²) in [5.41, 5.74) is 3.85. The van der Waals surface area contributed by atoms with Crippen LogP contribution in [0.5, 0.6) is 0 Å². The Kier molecular flexibility index (Phi) is 4.79. The van der Waals surface area contributed by atoms with Gasteiger partial charge in [-0.05, 0) is 25.2 Å². The highest BCUT2D eigenvalue weighted by molar-refractivity contribution is 7.88. The van der Waals surface area contributed by atoms with Gasteiger partial charge in [0.25, 0.3) is 0 Å². The molecule has 1 aliphatic heterocycles. The Labute approximate surface area is 120 Å². The lowest BCUT2D eigenvalue weighted by Gasteiger charge is -2.32. The zero-order chi connectivity index (χ0) is 14.8. The molecule has 0 aromatic carbocycles. The Morgan fingerprint density at radius 2 is 2.35 bits per heavy atom. The number of aromatic nitrogens is 2. The fraction of sp³-hybridized carbons (Fsp3) is 0.750. The molecule has 0 saturated carbocycles. The molecule has 2 atom stereocenters. The van der Waals surface area contributed by atoms with Crippen LogP contribution in [-0.2, 0) is 17.1 Å². The first-order valence-electron chi connectivity index (χ1n) is 6.80. The summed E-state index contributed by atoms with van der Waals surface area (Å²) in [5.74, 6) is 5.95. The minimum Gasteiger partial charge on any atom is -0.275 e. The molecule has 8 heteroatoms. The maximum absolute atomic E-state index is 11.6. The van der Waals surface area contributed by atoms with Gasteiger partial charge in [0.2, 0.25) is 10.0 Å². The summed E-state index contributed by atoms with van der Waals surface area (Å²) in [7, 11) is -1.23. The van der Waals surface area contributed by atoms with Gasteiger partial charge in [0.05, 0.1) is 12.5 Å². The maximum Gasteiger partial charge on any atom is 0.211 e. The predicted molar refractivity (Wildman–Crippen MR) is 77.0 cm³/mol. The smallest absolute Gasteiger partial charge is 0.211 e. The van der Waals surface area contributed by atoms with E-state index in [1.54, 1.807) is 15.2 Å². The van der Waals surface area contributed by atoms with E-state index in [4.69, 9.17) is 5.84 Å². The van der Waals surface area contributed by atoms with Gasteiger partial charge in [-0.2, -0.15) is 5.10 Å². The number of nitrogens with zero attached hydrogens (tertiary/aromatic N) is 3. The molecule has 2 unspecified atom stereocenters. The molecule has 2 heterocycles.